The van der Waals surface area contributed by atoms with Gasteiger partial charge in [0.2, 0.25) is 0 Å². The normalized spacial score (nSPS) is 15.5. The van der Waals surface area contributed by atoms with Crippen LogP contribution in [-0.2, 0) is 23.1 Å². The van der Waals surface area contributed by atoms with Crippen LogP contribution in [0.25, 0.3) is 0 Å². The molecule has 0 amide bonds. The summed E-state index contributed by atoms with van der Waals surface area (Å²) in [6.07, 6.45) is 3.82. The monoisotopic (exact) mass is 311 g/mol. The van der Waals surface area contributed by atoms with Gasteiger partial charge in [-0.2, -0.15) is 5.10 Å². The molecule has 0 spiro atoms. The second-order valence-electron chi connectivity index (χ2n) is 5.13. The molecule has 1 aliphatic rings. The number of sulfonamides is 1. The van der Waals surface area contributed by atoms with Gasteiger partial charge in [0.25, 0.3) is 10.0 Å². The summed E-state index contributed by atoms with van der Waals surface area (Å²) in [5.41, 5.74) is 1.17. The molecule has 0 aliphatic heterocycles. The standard InChI is InChI=1S/C12H17N5O3S/c1-8-4-11(17-20-8)7-15-21(18,19)12-9(6-14-16-12)5-13-10-2-3-10/h4,6,10,13,15H,2-3,5,7H2,1H3,(H,14,16). The predicted octanol–water partition coefficient (Wildman–Crippen LogP) is 0.437. The van der Waals surface area contributed by atoms with Crippen molar-refractivity contribution in [1.82, 2.24) is 25.4 Å². The molecule has 114 valence electrons. The SMILES string of the molecule is Cc1cc(CNS(=O)(=O)c2[nH]ncc2CNC2CC2)no1. The summed E-state index contributed by atoms with van der Waals surface area (Å²) in [5, 5.41) is 13.5. The van der Waals surface area contributed by atoms with E-state index < -0.39 is 10.0 Å². The van der Waals surface area contributed by atoms with Crippen LogP contribution in [0.2, 0.25) is 0 Å². The topological polar surface area (TPSA) is 113 Å². The number of aryl methyl sites for hydroxylation is 1. The van der Waals surface area contributed by atoms with E-state index in [0.717, 1.165) is 12.8 Å². The van der Waals surface area contributed by atoms with Crippen LogP contribution in [0.5, 0.6) is 0 Å². The summed E-state index contributed by atoms with van der Waals surface area (Å²) in [6, 6.07) is 2.19. The highest BCUT2D eigenvalue weighted by atomic mass is 32.2. The van der Waals surface area contributed by atoms with Crippen molar-refractivity contribution in [2.24, 2.45) is 0 Å². The molecule has 0 aromatic carbocycles. The Labute approximate surface area is 122 Å². The minimum Gasteiger partial charge on any atom is -0.361 e. The first-order valence-corrected chi connectivity index (χ1v) is 8.20. The molecule has 1 fully saturated rings. The van der Waals surface area contributed by atoms with Gasteiger partial charge in [0.15, 0.2) is 5.03 Å². The van der Waals surface area contributed by atoms with Gasteiger partial charge in [-0.25, -0.2) is 13.1 Å². The van der Waals surface area contributed by atoms with E-state index in [9.17, 15) is 8.42 Å². The number of nitrogens with one attached hydrogen (secondary N) is 3. The Balaban J connectivity index is 1.67. The first kappa shape index (κ1) is 14.2. The summed E-state index contributed by atoms with van der Waals surface area (Å²) < 4.78 is 32.0. The van der Waals surface area contributed by atoms with E-state index in [-0.39, 0.29) is 11.6 Å². The van der Waals surface area contributed by atoms with E-state index in [0.29, 0.717) is 29.6 Å². The fraction of sp³-hybridized carbons (Fsp3) is 0.500. The number of aromatic nitrogens is 3. The molecular formula is C12H17N5O3S. The highest BCUT2D eigenvalue weighted by Gasteiger charge is 2.24. The van der Waals surface area contributed by atoms with E-state index in [1.54, 1.807) is 13.0 Å². The highest BCUT2D eigenvalue weighted by molar-refractivity contribution is 7.89. The van der Waals surface area contributed by atoms with E-state index in [1.807, 2.05) is 0 Å². The number of hydrogen-bond donors (Lipinski definition) is 3. The van der Waals surface area contributed by atoms with Gasteiger partial charge in [0, 0.05) is 24.2 Å². The summed E-state index contributed by atoms with van der Waals surface area (Å²) in [7, 11) is -3.65. The van der Waals surface area contributed by atoms with Crippen molar-refractivity contribution >= 4 is 10.0 Å². The molecule has 2 heterocycles. The van der Waals surface area contributed by atoms with Crippen LogP contribution in [0, 0.1) is 6.92 Å². The second kappa shape index (κ2) is 5.58. The molecule has 3 rings (SSSR count). The fourth-order valence-electron chi connectivity index (χ4n) is 1.94. The van der Waals surface area contributed by atoms with Crippen LogP contribution >= 0.6 is 0 Å². The Hall–Kier alpha value is -1.71. The number of aromatic amines is 1. The van der Waals surface area contributed by atoms with Crippen LogP contribution < -0.4 is 10.0 Å². The zero-order chi connectivity index (χ0) is 14.9. The number of hydrogen-bond acceptors (Lipinski definition) is 6. The lowest BCUT2D eigenvalue weighted by atomic mass is 10.3. The van der Waals surface area contributed by atoms with Crippen molar-refractivity contribution in [3.05, 3.63) is 29.3 Å². The molecule has 3 N–H and O–H groups in total. The zero-order valence-corrected chi connectivity index (χ0v) is 12.4. The molecule has 0 atom stereocenters. The maximum absolute atomic E-state index is 12.3. The lowest BCUT2D eigenvalue weighted by molar-refractivity contribution is 0.390. The average Bonchev–Trinajstić information content (AvgIpc) is 2.97. The molecule has 0 saturated heterocycles. The molecule has 21 heavy (non-hydrogen) atoms. The summed E-state index contributed by atoms with van der Waals surface area (Å²) in [6.45, 7) is 2.32. The Morgan fingerprint density at radius 1 is 1.43 bits per heavy atom. The van der Waals surface area contributed by atoms with Crippen molar-refractivity contribution in [3.8, 4) is 0 Å². The molecule has 1 saturated carbocycles. The quantitative estimate of drug-likeness (QED) is 0.684. The average molecular weight is 311 g/mol. The Morgan fingerprint density at radius 3 is 2.90 bits per heavy atom. The lowest BCUT2D eigenvalue weighted by Gasteiger charge is -2.06. The molecule has 1 aliphatic carbocycles. The molecule has 9 heteroatoms. The summed E-state index contributed by atoms with van der Waals surface area (Å²) in [5.74, 6) is 0.639. The van der Waals surface area contributed by atoms with Crippen molar-refractivity contribution in [2.45, 2.75) is 43.9 Å². The largest absolute Gasteiger partial charge is 0.361 e. The molecule has 8 nitrogen and oxygen atoms in total. The number of rotatable bonds is 7. The second-order valence-corrected chi connectivity index (χ2v) is 6.84. The molecule has 2 aromatic rings. The minimum absolute atomic E-state index is 0.0776. The molecule has 0 unspecified atom stereocenters. The van der Waals surface area contributed by atoms with Crippen molar-refractivity contribution in [2.75, 3.05) is 0 Å². The lowest BCUT2D eigenvalue weighted by Crippen LogP contribution is -2.26. The maximum Gasteiger partial charge on any atom is 0.258 e. The van der Waals surface area contributed by atoms with Gasteiger partial charge in [0.05, 0.1) is 18.4 Å². The third kappa shape index (κ3) is 3.49. The smallest absolute Gasteiger partial charge is 0.258 e. The molecule has 2 aromatic heterocycles. The van der Waals surface area contributed by atoms with Gasteiger partial charge in [-0.05, 0) is 19.8 Å². The van der Waals surface area contributed by atoms with Crippen molar-refractivity contribution < 1.29 is 12.9 Å². The molecular weight excluding hydrogens is 294 g/mol. The van der Waals surface area contributed by atoms with Gasteiger partial charge in [-0.15, -0.1) is 0 Å². The fourth-order valence-corrected chi connectivity index (χ4v) is 3.07. The predicted molar refractivity (Wildman–Crippen MR) is 73.7 cm³/mol. The van der Waals surface area contributed by atoms with Crippen LogP contribution in [-0.4, -0.2) is 29.8 Å². The molecule has 0 bridgehead atoms. The summed E-state index contributed by atoms with van der Waals surface area (Å²) >= 11 is 0. The minimum atomic E-state index is -3.65. The van der Waals surface area contributed by atoms with Gasteiger partial charge in [0.1, 0.15) is 5.76 Å². The van der Waals surface area contributed by atoms with Gasteiger partial charge in [-0.3, -0.25) is 5.10 Å². The van der Waals surface area contributed by atoms with Crippen LogP contribution in [0.15, 0.2) is 21.8 Å². The number of nitrogens with zero attached hydrogens (tertiary/aromatic N) is 2. The Kier molecular flexibility index (Phi) is 3.79. The summed E-state index contributed by atoms with van der Waals surface area (Å²) in [4.78, 5) is 0. The van der Waals surface area contributed by atoms with E-state index >= 15 is 0 Å². The van der Waals surface area contributed by atoms with E-state index in [2.05, 4.69) is 25.4 Å². The maximum atomic E-state index is 12.3. The Morgan fingerprint density at radius 2 is 2.24 bits per heavy atom. The van der Waals surface area contributed by atoms with Crippen molar-refractivity contribution in [1.29, 1.82) is 0 Å². The third-order valence-corrected chi connectivity index (χ3v) is 4.64. The van der Waals surface area contributed by atoms with Crippen LogP contribution in [0.4, 0.5) is 0 Å². The van der Waals surface area contributed by atoms with Crippen molar-refractivity contribution in [3.63, 3.8) is 0 Å². The van der Waals surface area contributed by atoms with Gasteiger partial charge < -0.3 is 9.84 Å². The highest BCUT2D eigenvalue weighted by Crippen LogP contribution is 2.20. The molecule has 0 radical (unpaired) electrons. The van der Waals surface area contributed by atoms with E-state index in [1.165, 1.54) is 6.20 Å². The zero-order valence-electron chi connectivity index (χ0n) is 11.6. The third-order valence-electron chi connectivity index (χ3n) is 3.23. The van der Waals surface area contributed by atoms with Gasteiger partial charge >= 0.3 is 0 Å². The Bertz CT molecular complexity index is 717. The number of H-pyrrole nitrogens is 1. The first-order chi connectivity index (χ1) is 10.0. The van der Waals surface area contributed by atoms with Crippen LogP contribution in [0.1, 0.15) is 29.9 Å². The first-order valence-electron chi connectivity index (χ1n) is 6.72. The van der Waals surface area contributed by atoms with E-state index in [4.69, 9.17) is 4.52 Å². The van der Waals surface area contributed by atoms with Gasteiger partial charge in [-0.1, -0.05) is 5.16 Å². The van der Waals surface area contributed by atoms with Crippen LogP contribution in [0.3, 0.4) is 0 Å².